The van der Waals surface area contributed by atoms with E-state index in [0.29, 0.717) is 0 Å². The van der Waals surface area contributed by atoms with Gasteiger partial charge in [0.25, 0.3) is 0 Å². The van der Waals surface area contributed by atoms with Crippen LogP contribution in [0.2, 0.25) is 0 Å². The molecule has 0 fully saturated rings. The van der Waals surface area contributed by atoms with Crippen LogP contribution in [0.1, 0.15) is 65.2 Å². The Morgan fingerprint density at radius 2 is 1.05 bits per heavy atom. The van der Waals surface area contributed by atoms with Crippen molar-refractivity contribution in [2.75, 3.05) is 11.5 Å². The summed E-state index contributed by atoms with van der Waals surface area (Å²) < 4.78 is 2.80. The van der Waals surface area contributed by atoms with Crippen molar-refractivity contribution in [3.05, 3.63) is 60.9 Å². The summed E-state index contributed by atoms with van der Waals surface area (Å²) in [5.41, 5.74) is 4.29. The summed E-state index contributed by atoms with van der Waals surface area (Å²) in [6, 6.07) is 17.6. The molecule has 0 saturated carbocycles. The van der Waals surface area contributed by atoms with Crippen LogP contribution in [0.25, 0.3) is 32.3 Å². The molecule has 0 N–H and O–H groups in total. The Labute approximate surface area is 252 Å². The van der Waals surface area contributed by atoms with E-state index < -0.39 is 0 Å². The van der Waals surface area contributed by atoms with Crippen molar-refractivity contribution in [1.29, 1.82) is 0 Å². The summed E-state index contributed by atoms with van der Waals surface area (Å²) >= 11 is 7.74. The number of rotatable bonds is 15. The maximum atomic E-state index is 4.66. The fourth-order valence-electron chi connectivity index (χ4n) is 3.96. The first-order valence-corrected chi connectivity index (χ1v) is 16.8. The summed E-state index contributed by atoms with van der Waals surface area (Å²) in [7, 11) is 0. The second-order valence-electron chi connectivity index (χ2n) is 8.92. The molecule has 0 spiro atoms. The first kappa shape index (κ1) is 30.6. The summed E-state index contributed by atoms with van der Waals surface area (Å²) in [5, 5.41) is 0. The molecule has 0 bridgehead atoms. The van der Waals surface area contributed by atoms with Gasteiger partial charge in [0.05, 0.1) is 19.8 Å². The van der Waals surface area contributed by atoms with Crippen molar-refractivity contribution < 1.29 is 19.5 Å². The Balaban J connectivity index is 0.00000380. The molecule has 4 rings (SSSR count). The average molecular weight is 654 g/mol. The molecule has 198 valence electrons. The second kappa shape index (κ2) is 16.9. The van der Waals surface area contributed by atoms with Crippen molar-refractivity contribution in [2.45, 2.75) is 73.6 Å². The third-order valence-electron chi connectivity index (χ3n) is 6.00. The average Bonchev–Trinajstić information content (AvgIpc) is 3.59. The van der Waals surface area contributed by atoms with Crippen molar-refractivity contribution in [3.63, 3.8) is 0 Å². The van der Waals surface area contributed by atoms with Crippen molar-refractivity contribution in [2.24, 2.45) is 0 Å². The van der Waals surface area contributed by atoms with Gasteiger partial charge in [0.1, 0.15) is 0 Å². The van der Waals surface area contributed by atoms with Crippen LogP contribution in [-0.4, -0.2) is 21.5 Å². The van der Waals surface area contributed by atoms with Gasteiger partial charge in [0.2, 0.25) is 0 Å². The van der Waals surface area contributed by atoms with Crippen LogP contribution >= 0.6 is 46.2 Å². The van der Waals surface area contributed by atoms with Gasteiger partial charge in [-0.15, -0.1) is 46.2 Å². The SMILES string of the molecule is CCCCCCSc1ccc(-c2ccnc(-c3cc(-c4ccc(SCCCCCC)s4)ccn3)c2)s1.[Ru]. The molecule has 4 aromatic rings. The largest absolute Gasteiger partial charge is 0.255 e. The first-order chi connectivity index (χ1) is 17.8. The van der Waals surface area contributed by atoms with E-state index in [9.17, 15) is 0 Å². The van der Waals surface area contributed by atoms with E-state index in [-0.39, 0.29) is 19.5 Å². The van der Waals surface area contributed by atoms with Gasteiger partial charge in [-0.3, -0.25) is 9.97 Å². The molecule has 7 heteroatoms. The quantitative estimate of drug-likeness (QED) is 0.0724. The van der Waals surface area contributed by atoms with Crippen LogP contribution in [0.4, 0.5) is 0 Å². The van der Waals surface area contributed by atoms with Crippen LogP contribution in [0.3, 0.4) is 0 Å². The van der Waals surface area contributed by atoms with Crippen molar-refractivity contribution >= 4 is 46.2 Å². The van der Waals surface area contributed by atoms with Gasteiger partial charge in [0, 0.05) is 41.6 Å². The predicted molar refractivity (Wildman–Crippen MR) is 164 cm³/mol. The number of thiophene rings is 2. The number of hydrogen-bond donors (Lipinski definition) is 0. The molecule has 4 aromatic heterocycles. The summed E-state index contributed by atoms with van der Waals surface area (Å²) in [5.74, 6) is 2.42. The smallest absolute Gasteiger partial charge is 0.0892 e. The van der Waals surface area contributed by atoms with E-state index in [1.807, 2.05) is 58.6 Å². The normalized spacial score (nSPS) is 11.0. The second-order valence-corrected chi connectivity index (χ2v) is 13.9. The zero-order valence-electron chi connectivity index (χ0n) is 21.7. The molecule has 0 radical (unpaired) electrons. The molecule has 4 heterocycles. The molecule has 0 unspecified atom stereocenters. The number of pyridine rings is 2. The van der Waals surface area contributed by atoms with Gasteiger partial charge in [-0.2, -0.15) is 0 Å². The molecular weight excluding hydrogens is 618 g/mol. The fraction of sp³-hybridized carbons (Fsp3) is 0.400. The van der Waals surface area contributed by atoms with Gasteiger partial charge in [-0.25, -0.2) is 0 Å². The Morgan fingerprint density at radius 3 is 1.49 bits per heavy atom. The minimum absolute atomic E-state index is 0. The maximum absolute atomic E-state index is 4.66. The minimum Gasteiger partial charge on any atom is -0.255 e. The van der Waals surface area contributed by atoms with Crippen LogP contribution in [0, 0.1) is 0 Å². The zero-order valence-corrected chi connectivity index (χ0v) is 26.7. The molecule has 0 amide bonds. The fourth-order valence-corrected chi connectivity index (χ4v) is 8.36. The standard InChI is InChI=1S/C30H36N2S4.Ru/c1-3-5-7-9-19-33-29-13-11-27(35-29)23-15-17-31-25(21-23)26-22-24(16-18-32-26)28-12-14-30(36-28)34-20-10-8-6-4-2;/h11-18,21-22H,3-10,19-20H2,1-2H3;. The van der Waals surface area contributed by atoms with Crippen molar-refractivity contribution in [3.8, 4) is 32.3 Å². The Morgan fingerprint density at radius 1 is 0.595 bits per heavy atom. The molecule has 2 nitrogen and oxygen atoms in total. The maximum Gasteiger partial charge on any atom is 0.0892 e. The molecule has 0 aromatic carbocycles. The number of thioether (sulfide) groups is 2. The summed E-state index contributed by atoms with van der Waals surface area (Å²) in [6.45, 7) is 4.53. The van der Waals surface area contributed by atoms with Crippen LogP contribution in [0.5, 0.6) is 0 Å². The van der Waals surface area contributed by atoms with Crippen LogP contribution in [0.15, 0.2) is 69.3 Å². The van der Waals surface area contributed by atoms with E-state index in [0.717, 1.165) is 11.4 Å². The van der Waals surface area contributed by atoms with Crippen LogP contribution < -0.4 is 0 Å². The third-order valence-corrected chi connectivity index (χ3v) is 10.9. The van der Waals surface area contributed by atoms with E-state index in [2.05, 4.69) is 72.3 Å². The Kier molecular flexibility index (Phi) is 13.9. The van der Waals surface area contributed by atoms with E-state index in [1.165, 1.54) is 92.2 Å². The Bertz CT molecular complexity index is 1110. The number of hydrogen-bond acceptors (Lipinski definition) is 6. The predicted octanol–water partition coefficient (Wildman–Crippen LogP) is 10.9. The number of aromatic nitrogens is 2. The summed E-state index contributed by atoms with van der Waals surface area (Å²) in [6.07, 6.45) is 14.4. The first-order valence-electron chi connectivity index (χ1n) is 13.2. The van der Waals surface area contributed by atoms with Gasteiger partial charge < -0.3 is 0 Å². The van der Waals surface area contributed by atoms with Gasteiger partial charge >= 0.3 is 0 Å². The molecule has 37 heavy (non-hydrogen) atoms. The molecule has 0 saturated heterocycles. The minimum atomic E-state index is 0. The molecule has 0 aliphatic rings. The monoisotopic (exact) mass is 654 g/mol. The molecule has 0 aliphatic carbocycles. The van der Waals surface area contributed by atoms with E-state index in [4.69, 9.17) is 0 Å². The molecule has 0 aliphatic heterocycles. The third kappa shape index (κ3) is 9.62. The zero-order chi connectivity index (χ0) is 25.0. The molecular formula is C30H36N2RuS4. The van der Waals surface area contributed by atoms with Gasteiger partial charge in [-0.05, 0) is 84.0 Å². The topological polar surface area (TPSA) is 25.8 Å². The van der Waals surface area contributed by atoms with E-state index >= 15 is 0 Å². The van der Waals surface area contributed by atoms with Crippen molar-refractivity contribution in [1.82, 2.24) is 9.97 Å². The Hall–Kier alpha value is -0.977. The van der Waals surface area contributed by atoms with E-state index in [1.54, 1.807) is 0 Å². The summed E-state index contributed by atoms with van der Waals surface area (Å²) in [4.78, 5) is 11.9. The van der Waals surface area contributed by atoms with Gasteiger partial charge in [0.15, 0.2) is 0 Å². The number of unbranched alkanes of at least 4 members (excludes halogenated alkanes) is 6. The van der Waals surface area contributed by atoms with Gasteiger partial charge in [-0.1, -0.05) is 52.4 Å². The molecule has 0 atom stereocenters. The number of nitrogens with zero attached hydrogens (tertiary/aromatic N) is 2. The van der Waals surface area contributed by atoms with Crippen LogP contribution in [-0.2, 0) is 19.5 Å².